The van der Waals surface area contributed by atoms with Gasteiger partial charge in [-0.1, -0.05) is 60.2 Å². The number of hydrogen-bond donors (Lipinski definition) is 1. The first-order valence-electron chi connectivity index (χ1n) is 8.59. The Morgan fingerprint density at radius 2 is 1.68 bits per heavy atom. The summed E-state index contributed by atoms with van der Waals surface area (Å²) in [4.78, 5) is 0. The molecule has 3 aromatic carbocycles. The maximum Gasteiger partial charge on any atom is 0.00277 e. The number of benzene rings is 3. The molecular formula is C24H27N. The first-order chi connectivity index (χ1) is 12.2. The van der Waals surface area contributed by atoms with Crippen molar-refractivity contribution in [3.63, 3.8) is 0 Å². The third-order valence-electron chi connectivity index (χ3n) is 4.36. The average Bonchev–Trinajstić information content (AvgIpc) is 2.65. The molecule has 0 unspecified atom stereocenters. The van der Waals surface area contributed by atoms with E-state index in [2.05, 4.69) is 93.0 Å². The summed E-state index contributed by atoms with van der Waals surface area (Å²) in [6, 6.07) is 19.8. The average molecular weight is 329 g/mol. The van der Waals surface area contributed by atoms with E-state index in [1.807, 2.05) is 13.2 Å². The molecule has 0 aliphatic rings. The lowest BCUT2D eigenvalue weighted by atomic mass is 9.92. The van der Waals surface area contributed by atoms with E-state index >= 15 is 0 Å². The Kier molecular flexibility index (Phi) is 6.59. The SMILES string of the molecule is C=C.CN/C=C\c1c(Cc2cc(C)ccc2C)ccc2ccccc12. The fourth-order valence-electron chi connectivity index (χ4n) is 3.05. The van der Waals surface area contributed by atoms with Gasteiger partial charge in [0.1, 0.15) is 0 Å². The minimum Gasteiger partial charge on any atom is -0.394 e. The van der Waals surface area contributed by atoms with Gasteiger partial charge in [0.05, 0.1) is 0 Å². The second-order valence-corrected chi connectivity index (χ2v) is 6.09. The predicted molar refractivity (Wildman–Crippen MR) is 112 cm³/mol. The van der Waals surface area contributed by atoms with Crippen molar-refractivity contribution < 1.29 is 0 Å². The van der Waals surface area contributed by atoms with Gasteiger partial charge in [0.25, 0.3) is 0 Å². The molecule has 0 saturated heterocycles. The van der Waals surface area contributed by atoms with Crippen molar-refractivity contribution >= 4 is 16.8 Å². The van der Waals surface area contributed by atoms with Gasteiger partial charge in [-0.25, -0.2) is 0 Å². The molecule has 3 aromatic rings. The molecule has 0 saturated carbocycles. The van der Waals surface area contributed by atoms with Crippen LogP contribution in [0.2, 0.25) is 0 Å². The Labute approximate surface area is 151 Å². The lowest BCUT2D eigenvalue weighted by Gasteiger charge is -2.13. The fraction of sp³-hybridized carbons (Fsp3) is 0.167. The van der Waals surface area contributed by atoms with Crippen LogP contribution in [0.1, 0.15) is 27.8 Å². The first-order valence-corrected chi connectivity index (χ1v) is 8.59. The number of aryl methyl sites for hydroxylation is 2. The van der Waals surface area contributed by atoms with Crippen LogP contribution in [0.4, 0.5) is 0 Å². The molecule has 1 N–H and O–H groups in total. The molecular weight excluding hydrogens is 302 g/mol. The van der Waals surface area contributed by atoms with Crippen LogP contribution in [0, 0.1) is 13.8 Å². The van der Waals surface area contributed by atoms with E-state index in [0.29, 0.717) is 0 Å². The topological polar surface area (TPSA) is 12.0 Å². The minimum atomic E-state index is 0.960. The fourth-order valence-corrected chi connectivity index (χ4v) is 3.05. The quantitative estimate of drug-likeness (QED) is 0.575. The van der Waals surface area contributed by atoms with Crippen molar-refractivity contribution in [2.45, 2.75) is 20.3 Å². The van der Waals surface area contributed by atoms with Crippen molar-refractivity contribution in [2.75, 3.05) is 7.05 Å². The van der Waals surface area contributed by atoms with Crippen LogP contribution in [0.25, 0.3) is 16.8 Å². The molecule has 0 aliphatic carbocycles. The summed E-state index contributed by atoms with van der Waals surface area (Å²) in [7, 11) is 1.94. The summed E-state index contributed by atoms with van der Waals surface area (Å²) < 4.78 is 0. The summed E-state index contributed by atoms with van der Waals surface area (Å²) in [5, 5.41) is 5.70. The molecule has 0 amide bonds. The van der Waals surface area contributed by atoms with Crippen LogP contribution in [0.5, 0.6) is 0 Å². The highest BCUT2D eigenvalue weighted by Crippen LogP contribution is 2.26. The molecule has 128 valence electrons. The third kappa shape index (κ3) is 4.39. The molecule has 25 heavy (non-hydrogen) atoms. The summed E-state index contributed by atoms with van der Waals surface area (Å²) in [5.74, 6) is 0. The second kappa shape index (κ2) is 8.89. The van der Waals surface area contributed by atoms with Gasteiger partial charge in [-0.05, 0) is 65.6 Å². The molecule has 0 radical (unpaired) electrons. The van der Waals surface area contributed by atoms with Gasteiger partial charge in [-0.15, -0.1) is 13.2 Å². The van der Waals surface area contributed by atoms with E-state index in [1.165, 1.54) is 38.6 Å². The molecule has 0 aliphatic heterocycles. The Balaban J connectivity index is 0.00000109. The van der Waals surface area contributed by atoms with Crippen LogP contribution < -0.4 is 5.32 Å². The zero-order valence-corrected chi connectivity index (χ0v) is 15.5. The molecule has 0 aromatic heterocycles. The maximum atomic E-state index is 3.11. The Morgan fingerprint density at radius 3 is 2.44 bits per heavy atom. The number of rotatable bonds is 4. The molecule has 0 bridgehead atoms. The van der Waals surface area contributed by atoms with Crippen LogP contribution in [0.3, 0.4) is 0 Å². The highest BCUT2D eigenvalue weighted by Gasteiger charge is 2.08. The van der Waals surface area contributed by atoms with E-state index in [4.69, 9.17) is 0 Å². The van der Waals surface area contributed by atoms with Crippen molar-refractivity contribution in [2.24, 2.45) is 0 Å². The summed E-state index contributed by atoms with van der Waals surface area (Å²) in [5.41, 5.74) is 6.74. The van der Waals surface area contributed by atoms with Crippen molar-refractivity contribution in [1.29, 1.82) is 0 Å². The van der Waals surface area contributed by atoms with Crippen LogP contribution >= 0.6 is 0 Å². The monoisotopic (exact) mass is 329 g/mol. The molecule has 0 atom stereocenters. The smallest absolute Gasteiger partial charge is 0.00277 e. The highest BCUT2D eigenvalue weighted by molar-refractivity contribution is 5.92. The largest absolute Gasteiger partial charge is 0.394 e. The van der Waals surface area contributed by atoms with Crippen LogP contribution in [-0.2, 0) is 6.42 Å². The first kappa shape index (κ1) is 18.5. The van der Waals surface area contributed by atoms with Gasteiger partial charge in [-0.2, -0.15) is 0 Å². The highest BCUT2D eigenvalue weighted by atomic mass is 14.8. The standard InChI is InChI=1S/C22H23N.C2H4/c1-16-8-9-17(2)20(14-16)15-19-11-10-18-6-4-5-7-21(18)22(19)12-13-23-3;1-2/h4-14,23H,15H2,1-3H3;1-2H2/b13-12-;. The minimum absolute atomic E-state index is 0.960. The Bertz CT molecular complexity index is 874. The van der Waals surface area contributed by atoms with Crippen molar-refractivity contribution in [1.82, 2.24) is 5.32 Å². The molecule has 0 spiro atoms. The normalized spacial score (nSPS) is 10.5. The van der Waals surface area contributed by atoms with Crippen molar-refractivity contribution in [3.05, 3.63) is 102 Å². The van der Waals surface area contributed by atoms with E-state index in [0.717, 1.165) is 6.42 Å². The van der Waals surface area contributed by atoms with E-state index in [1.54, 1.807) is 0 Å². The van der Waals surface area contributed by atoms with Gasteiger partial charge in [0, 0.05) is 7.05 Å². The van der Waals surface area contributed by atoms with E-state index in [-0.39, 0.29) is 0 Å². The zero-order chi connectivity index (χ0) is 18.2. The Morgan fingerprint density at radius 1 is 0.920 bits per heavy atom. The Hall–Kier alpha value is -2.80. The van der Waals surface area contributed by atoms with Gasteiger partial charge >= 0.3 is 0 Å². The van der Waals surface area contributed by atoms with E-state index in [9.17, 15) is 0 Å². The number of hydrogen-bond acceptors (Lipinski definition) is 1. The molecule has 3 rings (SSSR count). The number of fused-ring (bicyclic) bond motifs is 1. The molecule has 0 heterocycles. The molecule has 0 fully saturated rings. The maximum absolute atomic E-state index is 3.11. The van der Waals surface area contributed by atoms with Gasteiger partial charge < -0.3 is 5.32 Å². The summed E-state index contributed by atoms with van der Waals surface area (Å²) in [6.07, 6.45) is 5.15. The summed E-state index contributed by atoms with van der Waals surface area (Å²) in [6.45, 7) is 10.4. The lowest BCUT2D eigenvalue weighted by Crippen LogP contribution is -1.98. The van der Waals surface area contributed by atoms with Crippen LogP contribution in [-0.4, -0.2) is 7.05 Å². The second-order valence-electron chi connectivity index (χ2n) is 6.09. The zero-order valence-electron chi connectivity index (χ0n) is 15.5. The molecule has 1 nitrogen and oxygen atoms in total. The number of nitrogens with one attached hydrogen (secondary N) is 1. The third-order valence-corrected chi connectivity index (χ3v) is 4.36. The van der Waals surface area contributed by atoms with Gasteiger partial charge in [0.15, 0.2) is 0 Å². The summed E-state index contributed by atoms with van der Waals surface area (Å²) >= 11 is 0. The van der Waals surface area contributed by atoms with Crippen LogP contribution in [0.15, 0.2) is 74.0 Å². The lowest BCUT2D eigenvalue weighted by molar-refractivity contribution is 1.11. The molecule has 1 heteroatoms. The predicted octanol–water partition coefficient (Wildman–Crippen LogP) is 6.04. The van der Waals surface area contributed by atoms with E-state index < -0.39 is 0 Å². The van der Waals surface area contributed by atoms with Gasteiger partial charge in [0.2, 0.25) is 0 Å². The van der Waals surface area contributed by atoms with Crippen molar-refractivity contribution in [3.8, 4) is 0 Å². The van der Waals surface area contributed by atoms with Gasteiger partial charge in [-0.3, -0.25) is 0 Å².